The minimum atomic E-state index is -1.09. The van der Waals surface area contributed by atoms with Crippen LogP contribution in [-0.2, 0) is 56.1 Å². The number of carbonyl (C=O) groups excluding carboxylic acids is 5. The molecule has 2 aromatic carbocycles. The maximum atomic E-state index is 12.6. The van der Waals surface area contributed by atoms with Crippen LogP contribution in [0.3, 0.4) is 0 Å². The number of rotatable bonds is 13. The number of hydrogen-bond acceptors (Lipinski definition) is 12. The molecule has 15 heteroatoms. The molecule has 0 saturated heterocycles. The van der Waals surface area contributed by atoms with Crippen LogP contribution in [0.25, 0.3) is 0 Å². The van der Waals surface area contributed by atoms with Crippen LogP contribution in [0, 0.1) is 11.8 Å². The predicted octanol–water partition coefficient (Wildman–Crippen LogP) is 10.8. The summed E-state index contributed by atoms with van der Waals surface area (Å²) >= 11 is 0. The Morgan fingerprint density at radius 3 is 1.28 bits per heavy atom. The van der Waals surface area contributed by atoms with E-state index in [0.717, 1.165) is 16.0 Å². The van der Waals surface area contributed by atoms with Gasteiger partial charge in [-0.15, -0.1) is 0 Å². The van der Waals surface area contributed by atoms with E-state index in [1.54, 1.807) is 69.2 Å². The van der Waals surface area contributed by atoms with Crippen LogP contribution >= 0.6 is 0 Å². The number of aliphatic carboxylic acids is 1. The van der Waals surface area contributed by atoms with Crippen LogP contribution in [0.4, 0.5) is 9.59 Å². The highest BCUT2D eigenvalue weighted by Gasteiger charge is 2.36. The lowest BCUT2D eigenvalue weighted by molar-refractivity contribution is -0.171. The normalized spacial score (nSPS) is 15.4. The van der Waals surface area contributed by atoms with Gasteiger partial charge in [0.15, 0.2) is 6.10 Å². The third-order valence-electron chi connectivity index (χ3n) is 7.37. The monoisotopic (exact) mass is 872 g/mol. The maximum Gasteiger partial charge on any atom is 0.410 e. The summed E-state index contributed by atoms with van der Waals surface area (Å²) in [5, 5.41) is 17.8. The summed E-state index contributed by atoms with van der Waals surface area (Å²) < 4.78 is 186. The van der Waals surface area contributed by atoms with E-state index in [0.29, 0.717) is 0 Å². The van der Waals surface area contributed by atoms with Gasteiger partial charge in [-0.25, -0.2) is 28.8 Å². The molecule has 0 aliphatic carbocycles. The smallest absolute Gasteiger partial charge is 0.410 e. The van der Waals surface area contributed by atoms with Gasteiger partial charge in [0, 0.05) is 63.0 Å². The van der Waals surface area contributed by atoms with E-state index in [9.17, 15) is 28.8 Å². The van der Waals surface area contributed by atoms with Crippen molar-refractivity contribution in [2.24, 2.45) is 11.8 Å². The van der Waals surface area contributed by atoms with Crippen molar-refractivity contribution in [3.63, 3.8) is 0 Å². The summed E-state index contributed by atoms with van der Waals surface area (Å²) in [6.45, 7) is 20.6. The molecule has 0 heterocycles. The molecule has 15 nitrogen and oxygen atoms in total. The Hall–Kier alpha value is -5.18. The molecular weight excluding hydrogens is 740 g/mol. The number of benzene rings is 2. The van der Waals surface area contributed by atoms with E-state index in [1.807, 2.05) is 60.7 Å². The van der Waals surface area contributed by atoms with E-state index < -0.39 is 71.6 Å². The number of carboxylic acid groups (broad SMARTS) is 1. The van der Waals surface area contributed by atoms with Crippen molar-refractivity contribution in [1.82, 2.24) is 9.80 Å². The summed E-state index contributed by atoms with van der Waals surface area (Å²) in [5.74, 6) is -3.37. The molecular formula is C42H98N2O13. The zero-order valence-corrected chi connectivity index (χ0v) is 35.9. The summed E-state index contributed by atoms with van der Waals surface area (Å²) in [5.41, 5.74) is 0.437. The number of carbonyl (C=O) groups is 6. The first-order chi connectivity index (χ1) is 42.2. The number of aliphatic hydroxyl groups is 1. The van der Waals surface area contributed by atoms with Crippen molar-refractivity contribution in [1.29, 1.82) is 0 Å². The average molecular weight is 872 g/mol. The molecule has 2 rings (SSSR count). The second-order valence-electron chi connectivity index (χ2n) is 15.8. The quantitative estimate of drug-likeness (QED) is 0.143. The van der Waals surface area contributed by atoms with Crippen LogP contribution in [-0.4, -0.2) is 106 Å². The van der Waals surface area contributed by atoms with Crippen molar-refractivity contribution in [3.05, 3.63) is 71.8 Å². The number of amides is 2. The van der Waals surface area contributed by atoms with E-state index in [1.165, 1.54) is 32.8 Å². The van der Waals surface area contributed by atoms with Crippen molar-refractivity contribution < 1.29 is 112 Å². The highest BCUT2D eigenvalue weighted by molar-refractivity contribution is 5.84. The van der Waals surface area contributed by atoms with Gasteiger partial charge in [-0.05, 0) is 78.4 Å². The standard InChI is InChI=1S/C21H31NO6.C11H21NO4.C10H12O3.17H2/c1-14(2)17(22(7)20(25)28-21(4,5)6)19(24)27-15(3)18(23)26-13-16-11-9-8-10-12-16;1-7(2)8(9(13)14)12(6)10(15)16-11(3,4)5;1-8(11)10(12)13-7-9-5-3-2-4-6-9;;;;;;;;;;;;;;;;;/h8-12,14-15,17H,13H2,1-7H3;7-8H,1-6H3,(H,13,14);2-6,8,11H,7H2,1H3;17*1H/t15-,17+;2*8-;;;;;;;;;;;;;;;;;/m100................./s1/i;;;16*1+1D;1+1. The van der Waals surface area contributed by atoms with E-state index in [4.69, 9.17) is 81.4 Å². The zero-order valence-electron chi connectivity index (χ0n) is 67.9. The van der Waals surface area contributed by atoms with Gasteiger partial charge in [-0.1, -0.05) is 88.4 Å². The summed E-state index contributed by atoms with van der Waals surface area (Å²) in [4.78, 5) is 72.8. The molecule has 0 saturated carbocycles. The molecule has 2 N–H and O–H groups in total. The van der Waals surface area contributed by atoms with E-state index in [2.05, 4.69) is 0 Å². The summed E-state index contributed by atoms with van der Waals surface area (Å²) in [6, 6.07) is 16.8. The number of hydrogen-bond donors (Lipinski definition) is 2. The molecule has 354 valence electrons. The van der Waals surface area contributed by atoms with Gasteiger partial charge in [-0.3, -0.25) is 9.80 Å². The van der Waals surface area contributed by atoms with Gasteiger partial charge in [0.2, 0.25) is 0 Å². The fraction of sp³-hybridized carbons (Fsp3) is 0.571. The number of nitrogens with zero attached hydrogens (tertiary/aromatic N) is 2. The van der Waals surface area contributed by atoms with Gasteiger partial charge in [0.1, 0.15) is 42.6 Å². The predicted molar refractivity (Wildman–Crippen MR) is 249 cm³/mol. The van der Waals surface area contributed by atoms with Crippen LogP contribution in [0.15, 0.2) is 60.7 Å². The Morgan fingerprint density at radius 2 is 0.965 bits per heavy atom. The lowest BCUT2D eigenvalue weighted by Crippen LogP contribution is -2.49. The van der Waals surface area contributed by atoms with Gasteiger partial charge in [0.05, 0.1) is 0 Å². The molecule has 0 aliphatic heterocycles. The Labute approximate surface area is 388 Å². The van der Waals surface area contributed by atoms with Crippen molar-refractivity contribution in [2.45, 2.75) is 132 Å². The molecule has 0 aromatic heterocycles. The minimum Gasteiger partial charge on any atom is -0.480 e. The lowest BCUT2D eigenvalue weighted by atomic mass is 10.0. The number of carboxylic acids is 1. The molecule has 0 spiro atoms. The maximum absolute atomic E-state index is 12.6. The number of ether oxygens (including phenoxy) is 5. The third kappa shape index (κ3) is 21.6. The average Bonchev–Trinajstić information content (AvgIpc) is 3.72. The Bertz CT molecular complexity index is 1630. The first-order valence-corrected chi connectivity index (χ1v) is 18.6. The second-order valence-corrected chi connectivity index (χ2v) is 15.8. The number of likely N-dealkylation sites (N-methyl/N-ethyl adjacent to an activating group) is 2. The highest BCUT2D eigenvalue weighted by Crippen LogP contribution is 2.18. The highest BCUT2D eigenvalue weighted by atomic mass is 16.6. The third-order valence-corrected chi connectivity index (χ3v) is 7.37. The molecule has 2 aromatic rings. The largest absolute Gasteiger partial charge is 0.480 e. The van der Waals surface area contributed by atoms with E-state index in [-0.39, 0.29) is 26.5 Å². The molecule has 0 fully saturated rings. The van der Waals surface area contributed by atoms with Gasteiger partial charge in [-0.2, -0.15) is 0 Å². The Morgan fingerprint density at radius 1 is 0.614 bits per heavy atom. The van der Waals surface area contributed by atoms with Crippen LogP contribution in [0.2, 0.25) is 0 Å². The number of esters is 3. The molecule has 2 amide bonds. The van der Waals surface area contributed by atoms with Gasteiger partial charge in [0.25, 0.3) is 0 Å². The molecule has 57 heavy (non-hydrogen) atoms. The first kappa shape index (κ1) is 30.0. The summed E-state index contributed by atoms with van der Waals surface area (Å²) in [7, 11) is 2.91. The molecule has 0 unspecified atom stereocenters. The Balaban J connectivity index is -0.0000000452. The lowest BCUT2D eigenvalue weighted by Gasteiger charge is -2.32. The van der Waals surface area contributed by atoms with Crippen molar-refractivity contribution in [3.8, 4) is 0 Å². The second kappa shape index (κ2) is 24.5. The van der Waals surface area contributed by atoms with Crippen LogP contribution in [0.1, 0.15) is 143 Å². The van der Waals surface area contributed by atoms with Gasteiger partial charge >= 0.3 is 36.1 Å². The molecule has 0 aliphatic rings. The van der Waals surface area contributed by atoms with Crippen LogP contribution < -0.4 is 0 Å². The topological polar surface area (TPSA) is 196 Å². The zero-order chi connectivity index (χ0) is 76.3. The molecule has 4 atom stereocenters. The van der Waals surface area contributed by atoms with Gasteiger partial charge < -0.3 is 33.9 Å². The summed E-state index contributed by atoms with van der Waals surface area (Å²) in [6.07, 6.45) is -3.40. The first-order valence-electron chi connectivity index (χ1n) is 34.6. The van der Waals surface area contributed by atoms with Crippen LogP contribution in [0.5, 0.6) is 0 Å². The van der Waals surface area contributed by atoms with Crippen molar-refractivity contribution >= 4 is 36.1 Å². The molecule has 0 radical (unpaired) electrons. The fourth-order valence-electron chi connectivity index (χ4n) is 4.66. The van der Waals surface area contributed by atoms with E-state index >= 15 is 0 Å². The fourth-order valence-corrected chi connectivity index (χ4v) is 4.66. The minimum absolute atomic E-state index is 0. The number of aliphatic hydroxyl groups excluding tert-OH is 1. The Kier molecular flexibility index (Phi) is 12.9. The van der Waals surface area contributed by atoms with Crippen molar-refractivity contribution in [2.75, 3.05) is 14.1 Å². The SMILES string of the molecule is CC(C)[C@@H](C(=O)O)N(C)C(=O)OC(C)(C)C.CC(C)[C@@H](C(=O)O[C@H](C)C(=O)OCc1ccccc1)N(C)C(=O)OC(C)(C)C.C[C@H](O)C(=O)OCc1ccccc1.[2HH].[2H][2H].[2H][2H].[2H][2H].[2H][2H].[2H][2H].[2H][2H].[2H][2H].[2H][2H].[2H][2H].[2H][2H].[2H][2H].[2H][2H].[2H][2H].[2H][2H].[2H][2H].[2H][2H]. The molecule has 0 bridgehead atoms.